The van der Waals surface area contributed by atoms with Crippen molar-refractivity contribution in [3.8, 4) is 0 Å². The van der Waals surface area contributed by atoms with Gasteiger partial charge in [-0.25, -0.2) is 0 Å². The molecule has 1 aromatic rings. The molecule has 0 radical (unpaired) electrons. The lowest BCUT2D eigenvalue weighted by molar-refractivity contribution is 0.174. The normalized spacial score (nSPS) is 10.3. The molecule has 0 spiro atoms. The van der Waals surface area contributed by atoms with Crippen LogP contribution in [0.4, 0.5) is 0 Å². The zero-order valence-corrected chi connectivity index (χ0v) is 9.34. The summed E-state index contributed by atoms with van der Waals surface area (Å²) in [5, 5.41) is 0.737. The van der Waals surface area contributed by atoms with Crippen LogP contribution in [0.5, 0.6) is 0 Å². The second-order valence-electron chi connectivity index (χ2n) is 3.54. The Morgan fingerprint density at radius 2 is 2.21 bits per heavy atom. The summed E-state index contributed by atoms with van der Waals surface area (Å²) < 4.78 is 5.49. The average molecular weight is 211 g/mol. The third-order valence-electron chi connectivity index (χ3n) is 1.96. The van der Waals surface area contributed by atoms with Gasteiger partial charge in [0.1, 0.15) is 6.61 Å². The highest BCUT2D eigenvalue weighted by Gasteiger charge is 2.01. The van der Waals surface area contributed by atoms with Crippen LogP contribution >= 0.6 is 11.6 Å². The van der Waals surface area contributed by atoms with E-state index in [0.29, 0.717) is 12.5 Å². The molecule has 1 rings (SSSR count). The Hall–Kier alpha value is -0.950. The molecule has 2 heteroatoms. The molecule has 0 atom stereocenters. The van der Waals surface area contributed by atoms with Gasteiger partial charge in [-0.15, -0.1) is 0 Å². The maximum absolute atomic E-state index is 5.84. The SMILES string of the molecule is C=C(OCc1cccc(Cl)c1)C(C)C. The van der Waals surface area contributed by atoms with Gasteiger partial charge in [0.2, 0.25) is 0 Å². The topological polar surface area (TPSA) is 9.23 Å². The second kappa shape index (κ2) is 5.06. The monoisotopic (exact) mass is 210 g/mol. The van der Waals surface area contributed by atoms with Gasteiger partial charge in [-0.2, -0.15) is 0 Å². The Morgan fingerprint density at radius 1 is 1.50 bits per heavy atom. The van der Waals surface area contributed by atoms with Crippen LogP contribution < -0.4 is 0 Å². The summed E-state index contributed by atoms with van der Waals surface area (Å²) in [5.41, 5.74) is 1.07. The van der Waals surface area contributed by atoms with Crippen LogP contribution in [-0.4, -0.2) is 0 Å². The summed E-state index contributed by atoms with van der Waals surface area (Å²) in [5.74, 6) is 1.17. The third-order valence-corrected chi connectivity index (χ3v) is 2.19. The lowest BCUT2D eigenvalue weighted by Crippen LogP contribution is -1.98. The van der Waals surface area contributed by atoms with Gasteiger partial charge in [-0.05, 0) is 17.7 Å². The number of ether oxygens (including phenoxy) is 1. The zero-order chi connectivity index (χ0) is 10.6. The second-order valence-corrected chi connectivity index (χ2v) is 3.98. The smallest absolute Gasteiger partial charge is 0.113 e. The Balaban J connectivity index is 2.50. The van der Waals surface area contributed by atoms with Crippen molar-refractivity contribution in [3.63, 3.8) is 0 Å². The van der Waals surface area contributed by atoms with Crippen LogP contribution in [0.25, 0.3) is 0 Å². The molecule has 76 valence electrons. The number of benzene rings is 1. The predicted octanol–water partition coefficient (Wildman–Crippen LogP) is 4.03. The van der Waals surface area contributed by atoms with E-state index in [1.165, 1.54) is 0 Å². The lowest BCUT2D eigenvalue weighted by atomic mass is 10.2. The molecular weight excluding hydrogens is 196 g/mol. The summed E-state index contributed by atoms with van der Waals surface area (Å²) in [6.07, 6.45) is 0. The molecule has 0 bridgehead atoms. The van der Waals surface area contributed by atoms with Gasteiger partial charge in [0.15, 0.2) is 0 Å². The molecule has 0 saturated carbocycles. The maximum Gasteiger partial charge on any atom is 0.113 e. The van der Waals surface area contributed by atoms with Gasteiger partial charge < -0.3 is 4.74 Å². The fourth-order valence-electron chi connectivity index (χ4n) is 0.969. The fraction of sp³-hybridized carbons (Fsp3) is 0.333. The first kappa shape index (κ1) is 11.1. The quantitative estimate of drug-likeness (QED) is 0.682. The molecule has 0 heterocycles. The zero-order valence-electron chi connectivity index (χ0n) is 8.59. The van der Waals surface area contributed by atoms with Gasteiger partial charge in [-0.1, -0.05) is 44.2 Å². The number of rotatable bonds is 4. The van der Waals surface area contributed by atoms with Crippen LogP contribution in [0.1, 0.15) is 19.4 Å². The summed E-state index contributed by atoms with van der Waals surface area (Å²) in [6, 6.07) is 7.65. The number of halogens is 1. The Bertz CT molecular complexity index is 318. The number of hydrogen-bond acceptors (Lipinski definition) is 1. The molecule has 0 N–H and O–H groups in total. The van der Waals surface area contributed by atoms with Gasteiger partial charge in [-0.3, -0.25) is 0 Å². The van der Waals surface area contributed by atoms with Crippen molar-refractivity contribution < 1.29 is 4.74 Å². The van der Waals surface area contributed by atoms with E-state index >= 15 is 0 Å². The van der Waals surface area contributed by atoms with Crippen molar-refractivity contribution in [2.75, 3.05) is 0 Å². The van der Waals surface area contributed by atoms with E-state index in [4.69, 9.17) is 16.3 Å². The molecule has 14 heavy (non-hydrogen) atoms. The first-order chi connectivity index (χ1) is 6.59. The van der Waals surface area contributed by atoms with Crippen molar-refractivity contribution in [3.05, 3.63) is 47.2 Å². The fourth-order valence-corrected chi connectivity index (χ4v) is 1.18. The first-order valence-corrected chi connectivity index (χ1v) is 5.03. The largest absolute Gasteiger partial charge is 0.494 e. The summed E-state index contributed by atoms with van der Waals surface area (Å²) in [4.78, 5) is 0. The molecule has 0 saturated heterocycles. The third kappa shape index (κ3) is 3.43. The Labute approximate surface area is 90.3 Å². The molecule has 0 aromatic heterocycles. The highest BCUT2D eigenvalue weighted by atomic mass is 35.5. The molecule has 0 amide bonds. The minimum absolute atomic E-state index is 0.356. The maximum atomic E-state index is 5.84. The molecular formula is C12H15ClO. The van der Waals surface area contributed by atoms with Crippen molar-refractivity contribution >= 4 is 11.6 Å². The van der Waals surface area contributed by atoms with Crippen molar-refractivity contribution in [1.29, 1.82) is 0 Å². The molecule has 0 aliphatic rings. The van der Waals surface area contributed by atoms with E-state index in [9.17, 15) is 0 Å². The number of allylic oxidation sites excluding steroid dienone is 1. The lowest BCUT2D eigenvalue weighted by Gasteiger charge is -2.11. The first-order valence-electron chi connectivity index (χ1n) is 4.65. The van der Waals surface area contributed by atoms with Crippen molar-refractivity contribution in [2.45, 2.75) is 20.5 Å². The Kier molecular flexibility index (Phi) is 4.02. The van der Waals surface area contributed by atoms with E-state index in [0.717, 1.165) is 16.3 Å². The van der Waals surface area contributed by atoms with Crippen LogP contribution in [0.2, 0.25) is 5.02 Å². The van der Waals surface area contributed by atoms with Crippen LogP contribution in [0, 0.1) is 5.92 Å². The molecule has 0 fully saturated rings. The average Bonchev–Trinajstić information content (AvgIpc) is 2.14. The van der Waals surface area contributed by atoms with Gasteiger partial charge in [0.05, 0.1) is 5.76 Å². The molecule has 1 aromatic carbocycles. The molecule has 1 nitrogen and oxygen atoms in total. The highest BCUT2D eigenvalue weighted by molar-refractivity contribution is 6.30. The van der Waals surface area contributed by atoms with Crippen LogP contribution in [0.3, 0.4) is 0 Å². The summed E-state index contributed by atoms with van der Waals surface area (Å²) in [6.45, 7) is 8.49. The Morgan fingerprint density at radius 3 is 2.79 bits per heavy atom. The minimum Gasteiger partial charge on any atom is -0.494 e. The standard InChI is InChI=1S/C12H15ClO/c1-9(2)10(3)14-8-11-5-4-6-12(13)7-11/h4-7,9H,3,8H2,1-2H3. The molecule has 0 unspecified atom stereocenters. The highest BCUT2D eigenvalue weighted by Crippen LogP contribution is 2.15. The van der Waals surface area contributed by atoms with Gasteiger partial charge in [0, 0.05) is 10.9 Å². The van der Waals surface area contributed by atoms with E-state index in [-0.39, 0.29) is 0 Å². The van der Waals surface area contributed by atoms with Gasteiger partial charge in [0.25, 0.3) is 0 Å². The predicted molar refractivity (Wildman–Crippen MR) is 60.2 cm³/mol. The van der Waals surface area contributed by atoms with E-state index in [1.54, 1.807) is 0 Å². The van der Waals surface area contributed by atoms with E-state index < -0.39 is 0 Å². The molecule has 0 aliphatic heterocycles. The van der Waals surface area contributed by atoms with E-state index in [2.05, 4.69) is 20.4 Å². The van der Waals surface area contributed by atoms with Crippen molar-refractivity contribution in [2.24, 2.45) is 5.92 Å². The van der Waals surface area contributed by atoms with E-state index in [1.807, 2.05) is 24.3 Å². The van der Waals surface area contributed by atoms with Gasteiger partial charge >= 0.3 is 0 Å². The van der Waals surface area contributed by atoms with Crippen LogP contribution in [-0.2, 0) is 11.3 Å². The summed E-state index contributed by atoms with van der Waals surface area (Å²) >= 11 is 5.84. The van der Waals surface area contributed by atoms with Crippen LogP contribution in [0.15, 0.2) is 36.6 Å². The van der Waals surface area contributed by atoms with Crippen molar-refractivity contribution in [1.82, 2.24) is 0 Å². The summed E-state index contributed by atoms with van der Waals surface area (Å²) in [7, 11) is 0. The molecule has 0 aliphatic carbocycles. The minimum atomic E-state index is 0.356. The number of hydrogen-bond donors (Lipinski definition) is 0.